The van der Waals surface area contributed by atoms with Crippen molar-refractivity contribution in [2.75, 3.05) is 0 Å². The zero-order valence-electron chi connectivity index (χ0n) is 14.9. The summed E-state index contributed by atoms with van der Waals surface area (Å²) in [5.74, 6) is -0.750. The van der Waals surface area contributed by atoms with E-state index in [0.717, 1.165) is 11.1 Å². The molecule has 1 atom stereocenters. The fourth-order valence-corrected chi connectivity index (χ4v) is 2.70. The van der Waals surface area contributed by atoms with E-state index in [4.69, 9.17) is 4.74 Å². The minimum absolute atomic E-state index is 0.173. The Labute approximate surface area is 158 Å². The van der Waals surface area contributed by atoms with Gasteiger partial charge in [-0.05, 0) is 23.3 Å². The first kappa shape index (κ1) is 18.4. The van der Waals surface area contributed by atoms with Gasteiger partial charge in [0, 0.05) is 12.0 Å². The van der Waals surface area contributed by atoms with Crippen LogP contribution in [0.4, 0.5) is 0 Å². The second kappa shape index (κ2) is 9.34. The van der Waals surface area contributed by atoms with Gasteiger partial charge in [0.25, 0.3) is 5.91 Å². The summed E-state index contributed by atoms with van der Waals surface area (Å²) in [6.07, 6.45) is 0.368. The normalized spacial score (nSPS) is 11.4. The Morgan fingerprint density at radius 1 is 0.741 bits per heavy atom. The van der Waals surface area contributed by atoms with Crippen LogP contribution in [0.2, 0.25) is 0 Å². The van der Waals surface area contributed by atoms with E-state index in [-0.39, 0.29) is 12.5 Å². The number of amides is 1. The molecule has 0 aromatic heterocycles. The molecule has 0 fully saturated rings. The van der Waals surface area contributed by atoms with Gasteiger partial charge in [0.15, 0.2) is 0 Å². The van der Waals surface area contributed by atoms with Crippen LogP contribution < -0.4 is 5.32 Å². The second-order valence-corrected chi connectivity index (χ2v) is 6.18. The number of ether oxygens (including phenoxy) is 1. The highest BCUT2D eigenvalue weighted by atomic mass is 16.5. The molecule has 0 spiro atoms. The fourth-order valence-electron chi connectivity index (χ4n) is 2.70. The van der Waals surface area contributed by atoms with Gasteiger partial charge in [-0.3, -0.25) is 4.79 Å². The maximum absolute atomic E-state index is 12.7. The quantitative estimate of drug-likeness (QED) is 0.653. The molecule has 0 aliphatic carbocycles. The van der Waals surface area contributed by atoms with E-state index in [1.807, 2.05) is 66.7 Å². The van der Waals surface area contributed by atoms with E-state index in [9.17, 15) is 9.59 Å². The van der Waals surface area contributed by atoms with Gasteiger partial charge >= 0.3 is 5.97 Å². The Balaban J connectivity index is 1.70. The van der Waals surface area contributed by atoms with Crippen LogP contribution in [0.3, 0.4) is 0 Å². The van der Waals surface area contributed by atoms with Crippen LogP contribution in [0.5, 0.6) is 0 Å². The summed E-state index contributed by atoms with van der Waals surface area (Å²) in [6, 6.07) is 27.1. The summed E-state index contributed by atoms with van der Waals surface area (Å²) < 4.78 is 5.45. The predicted molar refractivity (Wildman–Crippen MR) is 104 cm³/mol. The van der Waals surface area contributed by atoms with Crippen LogP contribution in [0.1, 0.15) is 21.5 Å². The number of hydrogen-bond donors (Lipinski definition) is 1. The summed E-state index contributed by atoms with van der Waals surface area (Å²) in [5, 5.41) is 2.80. The maximum Gasteiger partial charge on any atom is 0.329 e. The maximum atomic E-state index is 12.7. The standard InChI is InChI=1S/C23H21NO3/c25-22(20-14-8-3-9-15-20)24-21(16-18-10-4-1-5-11-18)23(26)27-17-19-12-6-2-7-13-19/h1-15,21H,16-17H2,(H,24,25)/t21-/m1/s1. The minimum atomic E-state index is -0.760. The number of benzene rings is 3. The topological polar surface area (TPSA) is 55.4 Å². The van der Waals surface area contributed by atoms with Gasteiger partial charge in [-0.25, -0.2) is 4.79 Å². The van der Waals surface area contributed by atoms with Crippen molar-refractivity contribution in [2.45, 2.75) is 19.1 Å². The van der Waals surface area contributed by atoms with Gasteiger partial charge in [0.1, 0.15) is 12.6 Å². The average molecular weight is 359 g/mol. The smallest absolute Gasteiger partial charge is 0.329 e. The molecule has 3 aromatic carbocycles. The van der Waals surface area contributed by atoms with Crippen molar-refractivity contribution < 1.29 is 14.3 Å². The molecule has 0 bridgehead atoms. The van der Waals surface area contributed by atoms with Crippen LogP contribution in [0.15, 0.2) is 91.0 Å². The van der Waals surface area contributed by atoms with Gasteiger partial charge in [-0.15, -0.1) is 0 Å². The van der Waals surface area contributed by atoms with Crippen LogP contribution in [0, 0.1) is 0 Å². The highest BCUT2D eigenvalue weighted by Crippen LogP contribution is 2.09. The molecular weight excluding hydrogens is 338 g/mol. The van der Waals surface area contributed by atoms with Crippen molar-refractivity contribution in [1.29, 1.82) is 0 Å². The van der Waals surface area contributed by atoms with Crippen molar-refractivity contribution in [3.8, 4) is 0 Å². The fraction of sp³-hybridized carbons (Fsp3) is 0.130. The summed E-state index contributed by atoms with van der Waals surface area (Å²) in [5.41, 5.74) is 2.36. The summed E-state index contributed by atoms with van der Waals surface area (Å²) in [4.78, 5) is 25.2. The van der Waals surface area contributed by atoms with Gasteiger partial charge in [0.05, 0.1) is 0 Å². The molecule has 3 rings (SSSR count). The number of nitrogens with one attached hydrogen (secondary N) is 1. The Hall–Kier alpha value is -3.40. The zero-order valence-corrected chi connectivity index (χ0v) is 14.9. The van der Waals surface area contributed by atoms with Gasteiger partial charge < -0.3 is 10.1 Å². The Bertz CT molecular complexity index is 864. The molecular formula is C23H21NO3. The van der Waals surface area contributed by atoms with Crippen LogP contribution in [-0.2, 0) is 22.6 Å². The molecule has 0 unspecified atom stereocenters. The Morgan fingerprint density at radius 3 is 1.85 bits per heavy atom. The highest BCUT2D eigenvalue weighted by Gasteiger charge is 2.23. The van der Waals surface area contributed by atoms with E-state index in [2.05, 4.69) is 5.32 Å². The summed E-state index contributed by atoms with van der Waals surface area (Å²) in [6.45, 7) is 0.173. The van der Waals surface area contributed by atoms with Crippen LogP contribution >= 0.6 is 0 Å². The lowest BCUT2D eigenvalue weighted by Crippen LogP contribution is -2.43. The number of carbonyl (C=O) groups excluding carboxylic acids is 2. The molecule has 0 heterocycles. The zero-order chi connectivity index (χ0) is 18.9. The van der Waals surface area contributed by atoms with E-state index >= 15 is 0 Å². The van der Waals surface area contributed by atoms with Crippen molar-refractivity contribution in [3.63, 3.8) is 0 Å². The third-order valence-corrected chi connectivity index (χ3v) is 4.13. The molecule has 0 aliphatic rings. The Kier molecular flexibility index (Phi) is 6.36. The van der Waals surface area contributed by atoms with E-state index in [1.165, 1.54) is 0 Å². The first-order valence-corrected chi connectivity index (χ1v) is 8.83. The average Bonchev–Trinajstić information content (AvgIpc) is 2.73. The SMILES string of the molecule is O=C(N[C@H](Cc1ccccc1)C(=O)OCc1ccccc1)c1ccccc1. The van der Waals surface area contributed by atoms with E-state index < -0.39 is 12.0 Å². The number of esters is 1. The molecule has 136 valence electrons. The third-order valence-electron chi connectivity index (χ3n) is 4.13. The number of rotatable bonds is 7. The molecule has 1 amide bonds. The van der Waals surface area contributed by atoms with Crippen LogP contribution in [0.25, 0.3) is 0 Å². The molecule has 4 nitrogen and oxygen atoms in total. The van der Waals surface area contributed by atoms with Crippen molar-refractivity contribution in [3.05, 3.63) is 108 Å². The molecule has 0 radical (unpaired) electrons. The second-order valence-electron chi connectivity index (χ2n) is 6.18. The molecule has 0 saturated carbocycles. The van der Waals surface area contributed by atoms with E-state index in [0.29, 0.717) is 12.0 Å². The molecule has 4 heteroatoms. The molecule has 0 aliphatic heterocycles. The van der Waals surface area contributed by atoms with Gasteiger partial charge in [-0.1, -0.05) is 78.9 Å². The molecule has 3 aromatic rings. The van der Waals surface area contributed by atoms with Gasteiger partial charge in [-0.2, -0.15) is 0 Å². The van der Waals surface area contributed by atoms with Crippen LogP contribution in [-0.4, -0.2) is 17.9 Å². The molecule has 0 saturated heterocycles. The highest BCUT2D eigenvalue weighted by molar-refractivity contribution is 5.96. The summed E-state index contributed by atoms with van der Waals surface area (Å²) in [7, 11) is 0. The third kappa shape index (κ3) is 5.54. The summed E-state index contributed by atoms with van der Waals surface area (Å²) >= 11 is 0. The van der Waals surface area contributed by atoms with E-state index in [1.54, 1.807) is 24.3 Å². The van der Waals surface area contributed by atoms with Crippen molar-refractivity contribution in [2.24, 2.45) is 0 Å². The number of carbonyl (C=O) groups is 2. The molecule has 27 heavy (non-hydrogen) atoms. The van der Waals surface area contributed by atoms with Crippen molar-refractivity contribution >= 4 is 11.9 Å². The first-order valence-electron chi connectivity index (χ1n) is 8.83. The largest absolute Gasteiger partial charge is 0.459 e. The van der Waals surface area contributed by atoms with Crippen molar-refractivity contribution in [1.82, 2.24) is 5.32 Å². The number of hydrogen-bond acceptors (Lipinski definition) is 3. The lowest BCUT2D eigenvalue weighted by Gasteiger charge is -2.18. The monoisotopic (exact) mass is 359 g/mol. The Morgan fingerprint density at radius 2 is 1.26 bits per heavy atom. The molecule has 1 N–H and O–H groups in total. The van der Waals surface area contributed by atoms with Gasteiger partial charge in [0.2, 0.25) is 0 Å². The lowest BCUT2D eigenvalue weighted by molar-refractivity contribution is -0.147. The lowest BCUT2D eigenvalue weighted by atomic mass is 10.1. The minimum Gasteiger partial charge on any atom is -0.459 e. The first-order chi connectivity index (χ1) is 13.2. The predicted octanol–water partition coefficient (Wildman–Crippen LogP) is 3.77.